The maximum atomic E-state index is 13.2. The Kier molecular flexibility index (Phi) is 8.92. The van der Waals surface area contributed by atoms with Gasteiger partial charge in [0.15, 0.2) is 12.1 Å². The van der Waals surface area contributed by atoms with E-state index >= 15 is 0 Å². The summed E-state index contributed by atoms with van der Waals surface area (Å²) in [4.78, 5) is 27.6. The van der Waals surface area contributed by atoms with Crippen LogP contribution in [0.25, 0.3) is 0 Å². The Morgan fingerprint density at radius 3 is 2.44 bits per heavy atom. The lowest BCUT2D eigenvalue weighted by molar-refractivity contribution is -0.275. The van der Waals surface area contributed by atoms with Crippen molar-refractivity contribution in [2.24, 2.45) is 0 Å². The quantitative estimate of drug-likeness (QED) is 0.279. The standard InChI is InChI=1S/C27H35NO7Si/c1-36(2,3)15-14-31-19-34-25-23(29)16-28(27(30)33-17-20-10-6-4-7-11-20)22-18-32-26(35-24(22)25)21-12-8-5-9-13-21/h4-13,22,24-26H,14-19H2,1-3H3/t22-,24+,25+,26+/m0/s1. The summed E-state index contributed by atoms with van der Waals surface area (Å²) < 4.78 is 29.3. The highest BCUT2D eigenvalue weighted by Crippen LogP contribution is 2.34. The fourth-order valence-electron chi connectivity index (χ4n) is 4.19. The molecule has 0 aliphatic carbocycles. The molecule has 4 rings (SSSR count). The van der Waals surface area contributed by atoms with Crippen LogP contribution in [0.4, 0.5) is 4.79 Å². The smallest absolute Gasteiger partial charge is 0.410 e. The van der Waals surface area contributed by atoms with Crippen LogP contribution in [0.15, 0.2) is 60.7 Å². The molecule has 0 N–H and O–H groups in total. The molecule has 0 aromatic heterocycles. The van der Waals surface area contributed by atoms with Crippen LogP contribution in [0, 0.1) is 0 Å². The van der Waals surface area contributed by atoms with Crippen molar-refractivity contribution in [2.75, 3.05) is 26.6 Å². The van der Waals surface area contributed by atoms with Gasteiger partial charge in [-0.3, -0.25) is 9.69 Å². The van der Waals surface area contributed by atoms with Crippen LogP contribution in [-0.4, -0.2) is 69.7 Å². The number of ether oxygens (including phenoxy) is 5. The number of likely N-dealkylation sites (tertiary alicyclic amines) is 1. The molecule has 9 heteroatoms. The maximum Gasteiger partial charge on any atom is 0.410 e. The fourth-order valence-corrected chi connectivity index (χ4v) is 4.94. The molecule has 8 nitrogen and oxygen atoms in total. The van der Waals surface area contributed by atoms with E-state index in [2.05, 4.69) is 19.6 Å². The summed E-state index contributed by atoms with van der Waals surface area (Å²) in [5, 5.41) is 0. The normalized spacial score (nSPS) is 24.3. The van der Waals surface area contributed by atoms with Gasteiger partial charge in [0.05, 0.1) is 19.2 Å². The Labute approximate surface area is 213 Å². The second-order valence-electron chi connectivity index (χ2n) is 10.3. The fraction of sp³-hybridized carbons (Fsp3) is 0.481. The molecule has 194 valence electrons. The molecule has 2 heterocycles. The number of carbonyl (C=O) groups excluding carboxylic acids is 2. The summed E-state index contributed by atoms with van der Waals surface area (Å²) in [5.41, 5.74) is 1.69. The molecule has 1 amide bonds. The Morgan fingerprint density at radius 1 is 1.06 bits per heavy atom. The van der Waals surface area contributed by atoms with Crippen LogP contribution in [0.2, 0.25) is 25.7 Å². The van der Waals surface area contributed by atoms with E-state index in [1.165, 1.54) is 4.90 Å². The molecule has 0 spiro atoms. The van der Waals surface area contributed by atoms with E-state index in [1.807, 2.05) is 60.7 Å². The number of benzene rings is 2. The van der Waals surface area contributed by atoms with Gasteiger partial charge in [-0.05, 0) is 11.6 Å². The van der Waals surface area contributed by atoms with E-state index in [0.29, 0.717) is 6.61 Å². The molecule has 2 saturated heterocycles. The zero-order valence-corrected chi connectivity index (χ0v) is 22.1. The minimum Gasteiger partial charge on any atom is -0.445 e. The molecular weight excluding hydrogens is 478 g/mol. The van der Waals surface area contributed by atoms with Crippen molar-refractivity contribution in [2.45, 2.75) is 56.8 Å². The molecule has 0 unspecified atom stereocenters. The molecule has 2 aromatic carbocycles. The summed E-state index contributed by atoms with van der Waals surface area (Å²) in [6.45, 7) is 7.56. The van der Waals surface area contributed by atoms with Gasteiger partial charge >= 0.3 is 6.09 Å². The number of fused-ring (bicyclic) bond motifs is 1. The molecule has 2 aliphatic rings. The second kappa shape index (κ2) is 12.1. The first-order chi connectivity index (χ1) is 17.3. The molecular formula is C27H35NO7Si. The minimum atomic E-state index is -1.24. The molecule has 36 heavy (non-hydrogen) atoms. The van der Waals surface area contributed by atoms with Gasteiger partial charge in [-0.15, -0.1) is 0 Å². The predicted octanol–water partition coefficient (Wildman–Crippen LogP) is 4.39. The van der Waals surface area contributed by atoms with Crippen molar-refractivity contribution in [1.29, 1.82) is 0 Å². The highest BCUT2D eigenvalue weighted by Gasteiger charge is 2.50. The molecule has 0 bridgehead atoms. The first-order valence-corrected chi connectivity index (χ1v) is 16.0. The second-order valence-corrected chi connectivity index (χ2v) is 15.9. The molecule has 2 fully saturated rings. The van der Waals surface area contributed by atoms with Crippen molar-refractivity contribution >= 4 is 20.0 Å². The van der Waals surface area contributed by atoms with Crippen molar-refractivity contribution < 1.29 is 33.3 Å². The summed E-state index contributed by atoms with van der Waals surface area (Å²) in [6.07, 6.45) is -2.83. The summed E-state index contributed by atoms with van der Waals surface area (Å²) >= 11 is 0. The summed E-state index contributed by atoms with van der Waals surface area (Å²) in [7, 11) is -1.24. The number of nitrogens with zero attached hydrogens (tertiary/aromatic N) is 1. The molecule has 0 saturated carbocycles. The van der Waals surface area contributed by atoms with E-state index in [4.69, 9.17) is 23.7 Å². The van der Waals surface area contributed by atoms with E-state index in [0.717, 1.165) is 17.2 Å². The van der Waals surface area contributed by atoms with Gasteiger partial charge < -0.3 is 23.7 Å². The first kappa shape index (κ1) is 26.5. The molecule has 4 atom stereocenters. The van der Waals surface area contributed by atoms with E-state index < -0.39 is 38.7 Å². The van der Waals surface area contributed by atoms with Gasteiger partial charge in [0.2, 0.25) is 0 Å². The highest BCUT2D eigenvalue weighted by atomic mass is 28.3. The molecule has 2 aliphatic heterocycles. The number of rotatable bonds is 9. The number of hydrogen-bond acceptors (Lipinski definition) is 7. The van der Waals surface area contributed by atoms with Crippen LogP contribution < -0.4 is 0 Å². The molecule has 2 aromatic rings. The average Bonchev–Trinajstić information content (AvgIpc) is 2.88. The average molecular weight is 514 g/mol. The van der Waals surface area contributed by atoms with Crippen LogP contribution in [0.1, 0.15) is 17.4 Å². The van der Waals surface area contributed by atoms with Gasteiger partial charge in [0, 0.05) is 20.2 Å². The SMILES string of the molecule is C[Si](C)(C)CCOCO[C@@H]1C(=O)CN(C(=O)OCc2ccccc2)[C@H]2CO[C@@H](c3ccccc3)O[C@@H]12. The minimum absolute atomic E-state index is 0.0111. The number of hydrogen-bond donors (Lipinski definition) is 0. The van der Waals surface area contributed by atoms with Crippen LogP contribution in [0.5, 0.6) is 0 Å². The first-order valence-electron chi connectivity index (χ1n) is 12.3. The van der Waals surface area contributed by atoms with Crippen molar-refractivity contribution in [3.05, 3.63) is 71.8 Å². The van der Waals surface area contributed by atoms with Crippen molar-refractivity contribution in [3.8, 4) is 0 Å². The van der Waals surface area contributed by atoms with E-state index in [1.54, 1.807) is 0 Å². The van der Waals surface area contributed by atoms with E-state index in [-0.39, 0.29) is 32.3 Å². The van der Waals surface area contributed by atoms with Crippen LogP contribution >= 0.6 is 0 Å². The van der Waals surface area contributed by atoms with Crippen molar-refractivity contribution in [3.63, 3.8) is 0 Å². The summed E-state index contributed by atoms with van der Waals surface area (Å²) in [6, 6.07) is 19.4. The molecule has 0 radical (unpaired) electrons. The number of carbonyl (C=O) groups is 2. The third kappa shape index (κ3) is 7.01. The van der Waals surface area contributed by atoms with Gasteiger partial charge in [0.1, 0.15) is 25.6 Å². The Morgan fingerprint density at radius 2 is 1.75 bits per heavy atom. The van der Waals surface area contributed by atoms with Crippen molar-refractivity contribution in [1.82, 2.24) is 4.90 Å². The van der Waals surface area contributed by atoms with Gasteiger partial charge in [0.25, 0.3) is 0 Å². The van der Waals surface area contributed by atoms with Gasteiger partial charge in [-0.2, -0.15) is 0 Å². The number of piperidine rings is 1. The monoisotopic (exact) mass is 513 g/mol. The topological polar surface area (TPSA) is 83.5 Å². The van der Waals surface area contributed by atoms with Gasteiger partial charge in [-0.1, -0.05) is 80.3 Å². The Hall–Kier alpha value is -2.56. The van der Waals surface area contributed by atoms with Crippen LogP contribution in [0.3, 0.4) is 0 Å². The number of amides is 1. The number of ketones is 1. The number of Topliss-reactive ketones (excluding diaryl/α,β-unsaturated/α-hetero) is 1. The predicted molar refractivity (Wildman–Crippen MR) is 136 cm³/mol. The highest BCUT2D eigenvalue weighted by molar-refractivity contribution is 6.76. The summed E-state index contributed by atoms with van der Waals surface area (Å²) in [5.74, 6) is -0.254. The van der Waals surface area contributed by atoms with E-state index in [9.17, 15) is 9.59 Å². The lowest BCUT2D eigenvalue weighted by Gasteiger charge is -2.47. The maximum absolute atomic E-state index is 13.2. The third-order valence-corrected chi connectivity index (χ3v) is 7.96. The lowest BCUT2D eigenvalue weighted by Crippen LogP contribution is -2.66. The lowest BCUT2D eigenvalue weighted by atomic mass is 9.94. The largest absolute Gasteiger partial charge is 0.445 e. The zero-order valence-electron chi connectivity index (χ0n) is 21.1. The van der Waals surface area contributed by atoms with Crippen LogP contribution in [-0.2, 0) is 35.1 Å². The zero-order chi connectivity index (χ0) is 25.5. The Bertz CT molecular complexity index is 998. The third-order valence-electron chi connectivity index (χ3n) is 6.26. The Balaban J connectivity index is 1.44. The van der Waals surface area contributed by atoms with Gasteiger partial charge in [-0.25, -0.2) is 4.79 Å².